The molecule has 6 nitrogen and oxygen atoms in total. The van der Waals surface area contributed by atoms with Crippen LogP contribution in [0.25, 0.3) is 0 Å². The summed E-state index contributed by atoms with van der Waals surface area (Å²) in [5.74, 6) is 1.96. The first kappa shape index (κ1) is 13.9. The van der Waals surface area contributed by atoms with Crippen LogP contribution in [0, 0.1) is 0 Å². The zero-order chi connectivity index (χ0) is 14.7. The van der Waals surface area contributed by atoms with Crippen molar-refractivity contribution in [3.63, 3.8) is 0 Å². The number of aryl methyl sites for hydroxylation is 1. The smallest absolute Gasteiger partial charge is 0.223 e. The van der Waals surface area contributed by atoms with Gasteiger partial charge in [0.2, 0.25) is 5.91 Å². The Bertz CT molecular complexity index is 565. The van der Waals surface area contributed by atoms with E-state index in [0.29, 0.717) is 19.4 Å². The third kappa shape index (κ3) is 3.16. The van der Waals surface area contributed by atoms with Gasteiger partial charge in [-0.25, -0.2) is 4.98 Å². The second-order valence-electron chi connectivity index (χ2n) is 5.39. The average molecular weight is 288 g/mol. The summed E-state index contributed by atoms with van der Waals surface area (Å²) in [5, 5.41) is 0. The molecule has 1 unspecified atom stereocenters. The van der Waals surface area contributed by atoms with Crippen LogP contribution in [0.1, 0.15) is 24.0 Å². The SMILES string of the molecule is CN1CCN(C(=O)CCc2ccco2)CC1c1ncc[nH]1. The molecule has 0 radical (unpaired) electrons. The van der Waals surface area contributed by atoms with Gasteiger partial charge < -0.3 is 14.3 Å². The number of carbonyl (C=O) groups is 1. The molecule has 3 heterocycles. The normalized spacial score (nSPS) is 19.9. The van der Waals surface area contributed by atoms with Crippen LogP contribution in [0.3, 0.4) is 0 Å². The lowest BCUT2D eigenvalue weighted by Gasteiger charge is -2.38. The Labute approximate surface area is 123 Å². The number of nitrogens with zero attached hydrogens (tertiary/aromatic N) is 3. The number of amides is 1. The van der Waals surface area contributed by atoms with E-state index in [9.17, 15) is 4.79 Å². The zero-order valence-electron chi connectivity index (χ0n) is 12.2. The molecule has 1 fully saturated rings. The van der Waals surface area contributed by atoms with E-state index >= 15 is 0 Å². The first-order chi connectivity index (χ1) is 10.2. The molecule has 0 aliphatic carbocycles. The molecular formula is C15H20N4O2. The van der Waals surface area contributed by atoms with Crippen LogP contribution in [-0.2, 0) is 11.2 Å². The van der Waals surface area contributed by atoms with Crippen LogP contribution in [-0.4, -0.2) is 52.4 Å². The lowest BCUT2D eigenvalue weighted by atomic mass is 10.1. The molecule has 112 valence electrons. The minimum atomic E-state index is 0.140. The van der Waals surface area contributed by atoms with E-state index in [0.717, 1.165) is 24.7 Å². The fourth-order valence-corrected chi connectivity index (χ4v) is 2.70. The first-order valence-corrected chi connectivity index (χ1v) is 7.23. The van der Waals surface area contributed by atoms with Gasteiger partial charge in [0.15, 0.2) is 0 Å². The van der Waals surface area contributed by atoms with E-state index in [-0.39, 0.29) is 11.9 Å². The highest BCUT2D eigenvalue weighted by Crippen LogP contribution is 2.21. The maximum absolute atomic E-state index is 12.4. The standard InChI is InChI=1S/C15H20N4O2/c1-18-8-9-19(11-13(18)15-16-6-7-17-15)14(20)5-4-12-3-2-10-21-12/h2-3,6-7,10,13H,4-5,8-9,11H2,1H3,(H,16,17). The Balaban J connectivity index is 1.59. The highest BCUT2D eigenvalue weighted by molar-refractivity contribution is 5.76. The third-order valence-corrected chi connectivity index (χ3v) is 4.00. The molecule has 0 spiro atoms. The molecule has 21 heavy (non-hydrogen) atoms. The summed E-state index contributed by atoms with van der Waals surface area (Å²) in [6, 6.07) is 3.90. The maximum atomic E-state index is 12.4. The summed E-state index contributed by atoms with van der Waals surface area (Å²) in [7, 11) is 2.07. The largest absolute Gasteiger partial charge is 0.469 e. The molecule has 6 heteroatoms. The molecule has 1 N–H and O–H groups in total. The summed E-state index contributed by atoms with van der Waals surface area (Å²) in [5.41, 5.74) is 0. The lowest BCUT2D eigenvalue weighted by molar-refractivity contribution is -0.134. The minimum absolute atomic E-state index is 0.140. The van der Waals surface area contributed by atoms with E-state index in [1.54, 1.807) is 12.5 Å². The number of rotatable bonds is 4. The first-order valence-electron chi connectivity index (χ1n) is 7.23. The van der Waals surface area contributed by atoms with E-state index in [2.05, 4.69) is 21.9 Å². The Morgan fingerprint density at radius 1 is 1.52 bits per heavy atom. The van der Waals surface area contributed by atoms with Crippen molar-refractivity contribution in [1.29, 1.82) is 0 Å². The van der Waals surface area contributed by atoms with Crippen LogP contribution in [0.4, 0.5) is 0 Å². The summed E-state index contributed by atoms with van der Waals surface area (Å²) in [6.07, 6.45) is 6.36. The van der Waals surface area contributed by atoms with Gasteiger partial charge in [0.25, 0.3) is 0 Å². The fraction of sp³-hybridized carbons (Fsp3) is 0.467. The predicted molar refractivity (Wildman–Crippen MR) is 77.6 cm³/mol. The van der Waals surface area contributed by atoms with Crippen LogP contribution in [0.15, 0.2) is 35.2 Å². The van der Waals surface area contributed by atoms with Crippen LogP contribution in [0.5, 0.6) is 0 Å². The molecule has 1 aliphatic heterocycles. The van der Waals surface area contributed by atoms with Crippen LogP contribution >= 0.6 is 0 Å². The predicted octanol–water partition coefficient (Wildman–Crippen LogP) is 1.45. The number of nitrogens with one attached hydrogen (secondary N) is 1. The number of hydrogen-bond acceptors (Lipinski definition) is 4. The van der Waals surface area contributed by atoms with Crippen molar-refractivity contribution < 1.29 is 9.21 Å². The van der Waals surface area contributed by atoms with Crippen molar-refractivity contribution in [1.82, 2.24) is 19.8 Å². The monoisotopic (exact) mass is 288 g/mol. The summed E-state index contributed by atoms with van der Waals surface area (Å²) in [6.45, 7) is 2.31. The second-order valence-corrected chi connectivity index (χ2v) is 5.39. The lowest BCUT2D eigenvalue weighted by Crippen LogP contribution is -2.49. The number of piperazine rings is 1. The van der Waals surface area contributed by atoms with Gasteiger partial charge in [-0.15, -0.1) is 0 Å². The van der Waals surface area contributed by atoms with Crippen LogP contribution < -0.4 is 0 Å². The van der Waals surface area contributed by atoms with Gasteiger partial charge in [-0.2, -0.15) is 0 Å². The van der Waals surface area contributed by atoms with Crippen molar-refractivity contribution >= 4 is 5.91 Å². The molecule has 0 bridgehead atoms. The minimum Gasteiger partial charge on any atom is -0.469 e. The van der Waals surface area contributed by atoms with Gasteiger partial charge in [0.1, 0.15) is 11.6 Å². The Morgan fingerprint density at radius 3 is 3.14 bits per heavy atom. The Morgan fingerprint density at radius 2 is 2.43 bits per heavy atom. The molecule has 1 aliphatic rings. The number of H-pyrrole nitrogens is 1. The molecule has 0 saturated carbocycles. The van der Waals surface area contributed by atoms with E-state index in [1.165, 1.54) is 0 Å². The topological polar surface area (TPSA) is 65.4 Å². The number of likely N-dealkylation sites (N-methyl/N-ethyl adjacent to an activating group) is 1. The number of carbonyl (C=O) groups excluding carboxylic acids is 1. The van der Waals surface area contributed by atoms with Crippen molar-refractivity contribution in [3.05, 3.63) is 42.4 Å². The molecule has 0 aromatic carbocycles. The number of aromatic amines is 1. The second kappa shape index (κ2) is 6.13. The quantitative estimate of drug-likeness (QED) is 0.925. The summed E-state index contributed by atoms with van der Waals surface area (Å²) < 4.78 is 5.27. The van der Waals surface area contributed by atoms with Gasteiger partial charge in [-0.1, -0.05) is 0 Å². The highest BCUT2D eigenvalue weighted by Gasteiger charge is 2.29. The van der Waals surface area contributed by atoms with Crippen LogP contribution in [0.2, 0.25) is 0 Å². The molecule has 2 aromatic heterocycles. The van der Waals surface area contributed by atoms with E-state index in [4.69, 9.17) is 4.42 Å². The molecule has 3 rings (SSSR count). The molecule has 1 atom stereocenters. The third-order valence-electron chi connectivity index (χ3n) is 4.00. The molecule has 1 amide bonds. The maximum Gasteiger partial charge on any atom is 0.223 e. The molecule has 2 aromatic rings. The summed E-state index contributed by atoms with van der Waals surface area (Å²) in [4.78, 5) is 24.0. The molecule has 1 saturated heterocycles. The van der Waals surface area contributed by atoms with Crippen molar-refractivity contribution in [2.45, 2.75) is 18.9 Å². The average Bonchev–Trinajstić information content (AvgIpc) is 3.18. The van der Waals surface area contributed by atoms with Gasteiger partial charge in [0.05, 0.1) is 12.3 Å². The number of aromatic nitrogens is 2. The number of hydrogen-bond donors (Lipinski definition) is 1. The van der Waals surface area contributed by atoms with Crippen molar-refractivity contribution in [2.24, 2.45) is 0 Å². The highest BCUT2D eigenvalue weighted by atomic mass is 16.3. The van der Waals surface area contributed by atoms with Gasteiger partial charge in [-0.3, -0.25) is 9.69 Å². The fourth-order valence-electron chi connectivity index (χ4n) is 2.70. The van der Waals surface area contributed by atoms with Gasteiger partial charge >= 0.3 is 0 Å². The zero-order valence-corrected chi connectivity index (χ0v) is 12.2. The van der Waals surface area contributed by atoms with E-state index in [1.807, 2.05) is 23.2 Å². The van der Waals surface area contributed by atoms with Crippen molar-refractivity contribution in [3.8, 4) is 0 Å². The number of imidazole rings is 1. The summed E-state index contributed by atoms with van der Waals surface area (Å²) >= 11 is 0. The Kier molecular flexibility index (Phi) is 4.06. The van der Waals surface area contributed by atoms with Gasteiger partial charge in [-0.05, 0) is 19.2 Å². The van der Waals surface area contributed by atoms with Gasteiger partial charge in [0, 0.05) is 44.9 Å². The Hall–Kier alpha value is -2.08. The van der Waals surface area contributed by atoms with E-state index < -0.39 is 0 Å². The van der Waals surface area contributed by atoms with Crippen molar-refractivity contribution in [2.75, 3.05) is 26.7 Å². The number of furan rings is 1. The molecular weight excluding hydrogens is 268 g/mol.